The Balaban J connectivity index is 2.33. The molecule has 0 heterocycles. The molecule has 98 valence electrons. The number of nitriles is 1. The van der Waals surface area contributed by atoms with Gasteiger partial charge in [-0.05, 0) is 31.2 Å². The van der Waals surface area contributed by atoms with Gasteiger partial charge < -0.3 is 14.8 Å². The fourth-order valence-corrected chi connectivity index (χ4v) is 1.54. The fraction of sp³-hybridized carbons (Fsp3) is 0.500. The van der Waals surface area contributed by atoms with Crippen LogP contribution < -0.4 is 10.1 Å². The van der Waals surface area contributed by atoms with Crippen LogP contribution in [-0.4, -0.2) is 33.4 Å². The van der Waals surface area contributed by atoms with E-state index >= 15 is 0 Å². The Kier molecular flexibility index (Phi) is 6.85. The van der Waals surface area contributed by atoms with Crippen LogP contribution in [0.2, 0.25) is 0 Å². The molecule has 0 aliphatic heterocycles. The molecule has 1 aromatic carbocycles. The molecule has 1 aromatic rings. The highest BCUT2D eigenvalue weighted by molar-refractivity contribution is 5.27. The van der Waals surface area contributed by atoms with E-state index in [9.17, 15) is 0 Å². The van der Waals surface area contributed by atoms with Crippen molar-refractivity contribution in [1.82, 2.24) is 5.32 Å². The summed E-state index contributed by atoms with van der Waals surface area (Å²) in [5.74, 6) is 0.837. The molecule has 1 atom stereocenters. The van der Waals surface area contributed by atoms with Crippen molar-refractivity contribution < 1.29 is 9.47 Å². The van der Waals surface area contributed by atoms with Crippen molar-refractivity contribution in [3.05, 3.63) is 29.8 Å². The first-order valence-electron chi connectivity index (χ1n) is 6.07. The molecule has 0 aliphatic carbocycles. The van der Waals surface area contributed by atoms with E-state index in [2.05, 4.69) is 11.4 Å². The zero-order valence-electron chi connectivity index (χ0n) is 11.0. The second-order valence-electron chi connectivity index (χ2n) is 3.99. The van der Waals surface area contributed by atoms with Crippen molar-refractivity contribution in [1.29, 1.82) is 5.26 Å². The summed E-state index contributed by atoms with van der Waals surface area (Å²) in [6.45, 7) is 1.27. The Morgan fingerprint density at radius 3 is 2.56 bits per heavy atom. The van der Waals surface area contributed by atoms with Gasteiger partial charge in [-0.3, -0.25) is 0 Å². The summed E-state index contributed by atoms with van der Waals surface area (Å²) in [5, 5.41) is 11.7. The molecular weight excluding hydrogens is 228 g/mol. The molecular formula is C14H20N2O2. The zero-order chi connectivity index (χ0) is 13.2. The predicted octanol–water partition coefficient (Wildman–Crippen LogP) is 1.76. The quantitative estimate of drug-likeness (QED) is 0.761. The molecule has 0 saturated heterocycles. The standard InChI is InChI=1S/C14H20N2O2/c1-16-13(11-15)8-10-18-14-5-3-12(4-6-14)7-9-17-2/h3-6,13,16H,7-10H2,1-2H3. The third kappa shape index (κ3) is 5.17. The van der Waals surface area contributed by atoms with Crippen molar-refractivity contribution in [3.8, 4) is 11.8 Å². The molecule has 1 N–H and O–H groups in total. The van der Waals surface area contributed by atoms with Crippen molar-refractivity contribution in [2.45, 2.75) is 18.9 Å². The van der Waals surface area contributed by atoms with E-state index in [1.165, 1.54) is 5.56 Å². The molecule has 18 heavy (non-hydrogen) atoms. The number of benzene rings is 1. The van der Waals surface area contributed by atoms with Gasteiger partial charge >= 0.3 is 0 Å². The van der Waals surface area contributed by atoms with Gasteiger partial charge in [-0.2, -0.15) is 5.26 Å². The molecule has 0 saturated carbocycles. The largest absolute Gasteiger partial charge is 0.493 e. The molecule has 1 unspecified atom stereocenters. The Hall–Kier alpha value is -1.57. The van der Waals surface area contributed by atoms with Gasteiger partial charge in [0, 0.05) is 13.5 Å². The number of ether oxygens (including phenoxy) is 2. The number of rotatable bonds is 8. The molecule has 0 aromatic heterocycles. The summed E-state index contributed by atoms with van der Waals surface area (Å²) in [6, 6.07) is 9.99. The average Bonchev–Trinajstić information content (AvgIpc) is 2.42. The van der Waals surface area contributed by atoms with Gasteiger partial charge in [-0.15, -0.1) is 0 Å². The van der Waals surface area contributed by atoms with Crippen LogP contribution in [0.1, 0.15) is 12.0 Å². The van der Waals surface area contributed by atoms with Gasteiger partial charge in [-0.25, -0.2) is 0 Å². The zero-order valence-corrected chi connectivity index (χ0v) is 11.0. The second-order valence-corrected chi connectivity index (χ2v) is 3.99. The Morgan fingerprint density at radius 2 is 2.00 bits per heavy atom. The molecule has 0 amide bonds. The molecule has 4 nitrogen and oxygen atoms in total. The molecule has 0 bridgehead atoms. The lowest BCUT2D eigenvalue weighted by Crippen LogP contribution is -2.25. The fourth-order valence-electron chi connectivity index (χ4n) is 1.54. The maximum Gasteiger partial charge on any atom is 0.119 e. The van der Waals surface area contributed by atoms with Crippen LogP contribution in [0.25, 0.3) is 0 Å². The minimum atomic E-state index is -0.147. The monoisotopic (exact) mass is 248 g/mol. The van der Waals surface area contributed by atoms with Crippen LogP contribution in [0.15, 0.2) is 24.3 Å². The molecule has 0 fully saturated rings. The van der Waals surface area contributed by atoms with Crippen molar-refractivity contribution in [2.24, 2.45) is 0 Å². The molecule has 0 spiro atoms. The number of hydrogen-bond donors (Lipinski definition) is 1. The van der Waals surface area contributed by atoms with Crippen LogP contribution in [0.5, 0.6) is 5.75 Å². The van der Waals surface area contributed by atoms with E-state index in [1.807, 2.05) is 24.3 Å². The first-order valence-corrected chi connectivity index (χ1v) is 6.07. The molecule has 0 aliphatic rings. The molecule has 1 rings (SSSR count). The predicted molar refractivity (Wildman–Crippen MR) is 70.6 cm³/mol. The Morgan fingerprint density at radius 1 is 1.28 bits per heavy atom. The molecule has 4 heteroatoms. The summed E-state index contributed by atoms with van der Waals surface area (Å²) in [7, 11) is 3.48. The number of nitrogens with zero attached hydrogens (tertiary/aromatic N) is 1. The van der Waals surface area contributed by atoms with Gasteiger partial charge in [0.15, 0.2) is 0 Å². The van der Waals surface area contributed by atoms with Gasteiger partial charge in [0.1, 0.15) is 5.75 Å². The van der Waals surface area contributed by atoms with Gasteiger partial charge in [0.05, 0.1) is 25.3 Å². The molecule has 0 radical (unpaired) electrons. The SMILES string of the molecule is CNC(C#N)CCOc1ccc(CCOC)cc1. The van der Waals surface area contributed by atoms with Crippen LogP contribution in [-0.2, 0) is 11.2 Å². The normalized spacial score (nSPS) is 11.8. The van der Waals surface area contributed by atoms with Crippen molar-refractivity contribution in [3.63, 3.8) is 0 Å². The van der Waals surface area contributed by atoms with E-state index in [0.717, 1.165) is 18.8 Å². The Labute approximate surface area is 109 Å². The first-order chi connectivity index (χ1) is 8.80. The maximum absolute atomic E-state index is 8.76. The summed E-state index contributed by atoms with van der Waals surface area (Å²) < 4.78 is 10.6. The van der Waals surface area contributed by atoms with Gasteiger partial charge in [-0.1, -0.05) is 12.1 Å². The topological polar surface area (TPSA) is 54.3 Å². The number of methoxy groups -OCH3 is 1. The van der Waals surface area contributed by atoms with Gasteiger partial charge in [0.2, 0.25) is 0 Å². The van der Waals surface area contributed by atoms with Gasteiger partial charge in [0.25, 0.3) is 0 Å². The Bertz CT molecular complexity index is 370. The smallest absolute Gasteiger partial charge is 0.119 e. The summed E-state index contributed by atoms with van der Waals surface area (Å²) in [5.41, 5.74) is 1.23. The van der Waals surface area contributed by atoms with Crippen LogP contribution in [0.3, 0.4) is 0 Å². The number of nitrogens with one attached hydrogen (secondary N) is 1. The highest BCUT2D eigenvalue weighted by atomic mass is 16.5. The third-order valence-corrected chi connectivity index (χ3v) is 2.70. The van der Waals surface area contributed by atoms with E-state index in [1.54, 1.807) is 14.2 Å². The lowest BCUT2D eigenvalue weighted by molar-refractivity contribution is 0.202. The highest BCUT2D eigenvalue weighted by Gasteiger charge is 2.03. The minimum Gasteiger partial charge on any atom is -0.493 e. The van der Waals surface area contributed by atoms with Crippen LogP contribution in [0.4, 0.5) is 0 Å². The minimum absolute atomic E-state index is 0.147. The van der Waals surface area contributed by atoms with E-state index < -0.39 is 0 Å². The highest BCUT2D eigenvalue weighted by Crippen LogP contribution is 2.13. The first kappa shape index (κ1) is 14.5. The summed E-state index contributed by atoms with van der Waals surface area (Å²) >= 11 is 0. The number of hydrogen-bond acceptors (Lipinski definition) is 4. The van der Waals surface area contributed by atoms with Crippen molar-refractivity contribution in [2.75, 3.05) is 27.4 Å². The van der Waals surface area contributed by atoms with Crippen molar-refractivity contribution >= 4 is 0 Å². The summed E-state index contributed by atoms with van der Waals surface area (Å²) in [6.07, 6.45) is 1.59. The van der Waals surface area contributed by atoms with Crippen LogP contribution in [0, 0.1) is 11.3 Å². The lowest BCUT2D eigenvalue weighted by Gasteiger charge is -2.09. The van der Waals surface area contributed by atoms with E-state index in [0.29, 0.717) is 13.0 Å². The lowest BCUT2D eigenvalue weighted by atomic mass is 10.1. The van der Waals surface area contributed by atoms with Crippen LogP contribution >= 0.6 is 0 Å². The van der Waals surface area contributed by atoms with E-state index in [-0.39, 0.29) is 6.04 Å². The average molecular weight is 248 g/mol. The third-order valence-electron chi connectivity index (χ3n) is 2.70. The van der Waals surface area contributed by atoms with E-state index in [4.69, 9.17) is 14.7 Å². The maximum atomic E-state index is 8.76. The summed E-state index contributed by atoms with van der Waals surface area (Å²) in [4.78, 5) is 0. The second kappa shape index (κ2) is 8.51.